The lowest BCUT2D eigenvalue weighted by atomic mass is 10.1. The number of rotatable bonds is 6. The van der Waals surface area contributed by atoms with Crippen molar-refractivity contribution in [2.24, 2.45) is 0 Å². The highest BCUT2D eigenvalue weighted by Gasteiger charge is 2.22. The van der Waals surface area contributed by atoms with Crippen LogP contribution in [0.25, 0.3) is 6.08 Å². The summed E-state index contributed by atoms with van der Waals surface area (Å²) in [6.45, 7) is 6.64. The fourth-order valence-electron chi connectivity index (χ4n) is 3.37. The van der Waals surface area contributed by atoms with Gasteiger partial charge in [-0.3, -0.25) is 10.1 Å². The number of benzene rings is 2. The van der Waals surface area contributed by atoms with Crippen LogP contribution in [0.15, 0.2) is 60.7 Å². The average Bonchev–Trinajstić information content (AvgIpc) is 2.64. The van der Waals surface area contributed by atoms with Crippen molar-refractivity contribution in [3.8, 4) is 0 Å². The average molecular weight is 339 g/mol. The molecule has 0 atom stereocenters. The van der Waals surface area contributed by atoms with Crippen LogP contribution in [0.2, 0.25) is 0 Å². The fourth-order valence-corrected chi connectivity index (χ4v) is 3.37. The number of para-hydroxylation sites is 1. The first-order valence-electron chi connectivity index (χ1n) is 8.83. The van der Waals surface area contributed by atoms with Gasteiger partial charge in [0.25, 0.3) is 5.69 Å². The lowest BCUT2D eigenvalue weighted by Gasteiger charge is -2.29. The molecule has 0 spiro atoms. The first-order valence-corrected chi connectivity index (χ1v) is 8.83. The molecule has 2 aromatic carbocycles. The summed E-state index contributed by atoms with van der Waals surface area (Å²) in [6, 6.07) is 17.5. The maximum Gasteiger partial charge on any atom is 0.276 e. The van der Waals surface area contributed by atoms with E-state index in [0.29, 0.717) is 5.56 Å². The molecule has 0 aromatic heterocycles. The first kappa shape index (κ1) is 17.3. The van der Waals surface area contributed by atoms with Gasteiger partial charge in [-0.2, -0.15) is 0 Å². The molecule has 1 heterocycles. The predicted molar refractivity (Wildman–Crippen MR) is 98.5 cm³/mol. The molecule has 0 radical (unpaired) electrons. The molecule has 0 amide bonds. The third-order valence-corrected chi connectivity index (χ3v) is 4.80. The number of hydrogen-bond acceptors (Lipinski definition) is 2. The fraction of sp³-hybridized carbons (Fsp3) is 0.300. The molecule has 5 heteroatoms. The van der Waals surface area contributed by atoms with Crippen molar-refractivity contribution in [2.45, 2.75) is 6.54 Å². The van der Waals surface area contributed by atoms with Crippen molar-refractivity contribution in [2.75, 3.05) is 32.7 Å². The van der Waals surface area contributed by atoms with E-state index in [1.165, 1.54) is 18.7 Å². The van der Waals surface area contributed by atoms with Gasteiger partial charge < -0.3 is 9.80 Å². The van der Waals surface area contributed by atoms with E-state index in [0.717, 1.165) is 26.2 Å². The Labute approximate surface area is 148 Å². The minimum absolute atomic E-state index is 0.172. The summed E-state index contributed by atoms with van der Waals surface area (Å²) in [5.41, 5.74) is 2.25. The zero-order chi connectivity index (χ0) is 17.5. The van der Waals surface area contributed by atoms with Crippen LogP contribution in [0.3, 0.4) is 0 Å². The van der Waals surface area contributed by atoms with Crippen molar-refractivity contribution < 1.29 is 14.7 Å². The summed E-state index contributed by atoms with van der Waals surface area (Å²) in [5, 5.41) is 11.0. The minimum Gasteiger partial charge on any atom is -0.322 e. The van der Waals surface area contributed by atoms with Gasteiger partial charge in [0, 0.05) is 11.6 Å². The van der Waals surface area contributed by atoms with Crippen LogP contribution < -0.4 is 9.80 Å². The standard InChI is InChI=1S/C20H23N3O2/c24-23(25)20-11-5-4-9-19(20)10-6-12-21-13-15-22(16-14-21)17-18-7-2-1-3-8-18/h1-11H,12-17H2/p+2/b10-6+. The Kier molecular flexibility index (Phi) is 5.93. The molecule has 0 saturated carbocycles. The lowest BCUT2D eigenvalue weighted by molar-refractivity contribution is -1.02. The summed E-state index contributed by atoms with van der Waals surface area (Å²) < 4.78 is 0. The van der Waals surface area contributed by atoms with Crippen molar-refractivity contribution >= 4 is 11.8 Å². The normalized spacial score (nSPS) is 20.6. The Balaban J connectivity index is 1.47. The van der Waals surface area contributed by atoms with Gasteiger partial charge in [-0.25, -0.2) is 0 Å². The second kappa shape index (κ2) is 8.55. The van der Waals surface area contributed by atoms with Crippen molar-refractivity contribution in [1.82, 2.24) is 0 Å². The first-order chi connectivity index (χ1) is 12.2. The highest BCUT2D eigenvalue weighted by molar-refractivity contribution is 5.60. The molecule has 1 fully saturated rings. The zero-order valence-electron chi connectivity index (χ0n) is 14.4. The van der Waals surface area contributed by atoms with Crippen molar-refractivity contribution in [1.29, 1.82) is 0 Å². The van der Waals surface area contributed by atoms with Crippen molar-refractivity contribution in [3.63, 3.8) is 0 Å². The number of nitrogens with zero attached hydrogens (tertiary/aromatic N) is 1. The molecule has 0 aliphatic carbocycles. The molecule has 0 bridgehead atoms. The van der Waals surface area contributed by atoms with Gasteiger partial charge in [0.05, 0.1) is 17.0 Å². The molecular weight excluding hydrogens is 314 g/mol. The topological polar surface area (TPSA) is 52.0 Å². The van der Waals surface area contributed by atoms with Gasteiger partial charge >= 0.3 is 0 Å². The van der Waals surface area contributed by atoms with Gasteiger partial charge in [-0.1, -0.05) is 42.5 Å². The summed E-state index contributed by atoms with van der Waals surface area (Å²) >= 11 is 0. The van der Waals surface area contributed by atoms with Crippen LogP contribution in [-0.4, -0.2) is 37.6 Å². The van der Waals surface area contributed by atoms with Crippen molar-refractivity contribution in [3.05, 3.63) is 81.9 Å². The number of nitrogens with one attached hydrogen (secondary N) is 2. The maximum atomic E-state index is 11.0. The summed E-state index contributed by atoms with van der Waals surface area (Å²) in [4.78, 5) is 13.9. The van der Waals surface area contributed by atoms with E-state index in [1.54, 1.807) is 28.0 Å². The Morgan fingerprint density at radius 3 is 2.28 bits per heavy atom. The second-order valence-corrected chi connectivity index (χ2v) is 6.58. The lowest BCUT2D eigenvalue weighted by Crippen LogP contribution is -3.27. The van der Waals surface area contributed by atoms with Crippen LogP contribution in [0.1, 0.15) is 11.1 Å². The second-order valence-electron chi connectivity index (χ2n) is 6.58. The summed E-state index contributed by atoms with van der Waals surface area (Å²) in [6.07, 6.45) is 3.95. The molecule has 5 nitrogen and oxygen atoms in total. The molecule has 130 valence electrons. The number of nitro benzene ring substituents is 1. The van der Waals surface area contributed by atoms with Gasteiger partial charge in [0.1, 0.15) is 32.7 Å². The highest BCUT2D eigenvalue weighted by Crippen LogP contribution is 2.18. The molecule has 1 saturated heterocycles. The summed E-state index contributed by atoms with van der Waals surface area (Å²) in [5.74, 6) is 0. The molecule has 3 rings (SSSR count). The molecule has 1 aliphatic rings. The Morgan fingerprint density at radius 2 is 1.56 bits per heavy atom. The number of nitro groups is 1. The predicted octanol–water partition coefficient (Wildman–Crippen LogP) is 0.592. The third-order valence-electron chi connectivity index (χ3n) is 4.80. The number of quaternary nitrogens is 2. The van der Waals surface area contributed by atoms with E-state index in [9.17, 15) is 10.1 Å². The summed E-state index contributed by atoms with van der Waals surface area (Å²) in [7, 11) is 0. The number of piperazine rings is 1. The minimum atomic E-state index is -0.321. The maximum absolute atomic E-state index is 11.0. The van der Waals surface area contributed by atoms with Crippen LogP contribution in [-0.2, 0) is 6.54 Å². The van der Waals surface area contributed by atoms with E-state index < -0.39 is 0 Å². The Morgan fingerprint density at radius 1 is 0.920 bits per heavy atom. The van der Waals surface area contributed by atoms with Gasteiger partial charge in [0.15, 0.2) is 0 Å². The van der Waals surface area contributed by atoms with Crippen LogP contribution in [0.5, 0.6) is 0 Å². The van der Waals surface area contributed by atoms with Crippen LogP contribution in [0, 0.1) is 10.1 Å². The van der Waals surface area contributed by atoms with E-state index in [1.807, 2.05) is 12.1 Å². The Hall–Kier alpha value is -2.50. The van der Waals surface area contributed by atoms with Gasteiger partial charge in [-0.05, 0) is 18.2 Å². The van der Waals surface area contributed by atoms with E-state index in [4.69, 9.17) is 0 Å². The quantitative estimate of drug-likeness (QED) is 0.598. The molecule has 1 aliphatic heterocycles. The van der Waals surface area contributed by atoms with Gasteiger partial charge in [0.2, 0.25) is 0 Å². The van der Waals surface area contributed by atoms with E-state index >= 15 is 0 Å². The largest absolute Gasteiger partial charge is 0.322 e. The molecule has 2 aromatic rings. The number of hydrogen-bond donors (Lipinski definition) is 2. The Bertz CT molecular complexity index is 723. The third kappa shape index (κ3) is 4.98. The van der Waals surface area contributed by atoms with E-state index in [2.05, 4.69) is 36.4 Å². The highest BCUT2D eigenvalue weighted by atomic mass is 16.6. The SMILES string of the molecule is O=[N+]([O-])c1ccccc1/C=C/C[NH+]1CC[NH+](Cc2ccccc2)CC1. The van der Waals surface area contributed by atoms with E-state index in [-0.39, 0.29) is 10.6 Å². The smallest absolute Gasteiger partial charge is 0.276 e. The van der Waals surface area contributed by atoms with Gasteiger partial charge in [-0.15, -0.1) is 0 Å². The van der Waals surface area contributed by atoms with Crippen LogP contribution in [0.4, 0.5) is 5.69 Å². The molecule has 2 N–H and O–H groups in total. The van der Waals surface area contributed by atoms with Crippen LogP contribution >= 0.6 is 0 Å². The monoisotopic (exact) mass is 339 g/mol. The molecule has 25 heavy (non-hydrogen) atoms. The zero-order valence-corrected chi connectivity index (χ0v) is 14.4. The molecule has 0 unspecified atom stereocenters. The molecular formula is C20H25N3O2+2.